The van der Waals surface area contributed by atoms with Crippen molar-refractivity contribution in [2.75, 3.05) is 13.7 Å². The second kappa shape index (κ2) is 3.96. The van der Waals surface area contributed by atoms with Crippen LogP contribution in [0.25, 0.3) is 0 Å². The van der Waals surface area contributed by atoms with E-state index in [2.05, 4.69) is 15.6 Å². The highest BCUT2D eigenvalue weighted by Crippen LogP contribution is 2.21. The topological polar surface area (TPSA) is 62.7 Å². The third-order valence-electron chi connectivity index (χ3n) is 2.72. The number of aliphatic imine (C=N–C) groups is 1. The number of nitrogens with one attached hydrogen (secondary N) is 2. The van der Waals surface area contributed by atoms with E-state index < -0.39 is 0 Å². The number of methoxy groups -OCH3 is 1. The lowest BCUT2D eigenvalue weighted by Gasteiger charge is -2.20. The quantitative estimate of drug-likeness (QED) is 0.635. The summed E-state index contributed by atoms with van der Waals surface area (Å²) in [7, 11) is 1.72. The minimum Gasteiger partial charge on any atom is -0.379 e. The van der Waals surface area contributed by atoms with Gasteiger partial charge in [-0.05, 0) is 19.3 Å². The van der Waals surface area contributed by atoms with E-state index in [1.807, 2.05) is 0 Å². The lowest BCUT2D eigenvalue weighted by atomic mass is 10.2. The molecule has 0 spiro atoms. The van der Waals surface area contributed by atoms with Crippen molar-refractivity contribution in [3.8, 4) is 0 Å². The molecule has 78 valence electrons. The highest BCUT2D eigenvalue weighted by atomic mass is 16.5. The molecule has 0 saturated heterocycles. The molecule has 0 radical (unpaired) electrons. The van der Waals surface area contributed by atoms with E-state index >= 15 is 0 Å². The van der Waals surface area contributed by atoms with Gasteiger partial charge in [0.1, 0.15) is 6.54 Å². The Morgan fingerprint density at radius 1 is 1.57 bits per heavy atom. The van der Waals surface area contributed by atoms with Crippen LogP contribution in [0.1, 0.15) is 19.3 Å². The number of hydrogen-bond donors (Lipinski definition) is 2. The number of ether oxygens (including phenoxy) is 1. The van der Waals surface area contributed by atoms with Gasteiger partial charge in [-0.2, -0.15) is 0 Å². The van der Waals surface area contributed by atoms with E-state index in [1.165, 1.54) is 0 Å². The lowest BCUT2D eigenvalue weighted by molar-refractivity contribution is -0.117. The highest BCUT2D eigenvalue weighted by Gasteiger charge is 2.28. The molecule has 1 aliphatic heterocycles. The van der Waals surface area contributed by atoms with E-state index in [-0.39, 0.29) is 24.6 Å². The third kappa shape index (κ3) is 1.87. The van der Waals surface area contributed by atoms with Gasteiger partial charge in [0.2, 0.25) is 5.91 Å². The first-order valence-corrected chi connectivity index (χ1v) is 4.93. The maximum absolute atomic E-state index is 10.9. The molecule has 0 aromatic carbocycles. The van der Waals surface area contributed by atoms with Crippen molar-refractivity contribution >= 4 is 11.9 Å². The van der Waals surface area contributed by atoms with Crippen molar-refractivity contribution < 1.29 is 9.53 Å². The average Bonchev–Trinajstić information content (AvgIpc) is 2.76. The van der Waals surface area contributed by atoms with Crippen LogP contribution >= 0.6 is 0 Å². The minimum absolute atomic E-state index is 0.0422. The fourth-order valence-electron chi connectivity index (χ4n) is 1.99. The van der Waals surface area contributed by atoms with E-state index in [0.717, 1.165) is 19.3 Å². The van der Waals surface area contributed by atoms with Crippen molar-refractivity contribution in [2.45, 2.75) is 31.4 Å². The summed E-state index contributed by atoms with van der Waals surface area (Å²) in [4.78, 5) is 14.9. The summed E-state index contributed by atoms with van der Waals surface area (Å²) in [6.07, 6.45) is 3.57. The molecule has 0 aromatic heterocycles. The van der Waals surface area contributed by atoms with Crippen molar-refractivity contribution in [3.05, 3.63) is 0 Å². The Morgan fingerprint density at radius 2 is 2.43 bits per heavy atom. The fraction of sp³-hybridized carbons (Fsp3) is 0.778. The Balaban J connectivity index is 1.88. The summed E-state index contributed by atoms with van der Waals surface area (Å²) in [5.41, 5.74) is 0. The lowest BCUT2D eigenvalue weighted by Crippen LogP contribution is -2.46. The number of rotatable bonds is 2. The van der Waals surface area contributed by atoms with Gasteiger partial charge in [-0.3, -0.25) is 10.1 Å². The minimum atomic E-state index is -0.0422. The second-order valence-corrected chi connectivity index (χ2v) is 3.67. The van der Waals surface area contributed by atoms with Crippen LogP contribution in [-0.4, -0.2) is 37.7 Å². The summed E-state index contributed by atoms with van der Waals surface area (Å²) in [5.74, 6) is 0.559. The van der Waals surface area contributed by atoms with Gasteiger partial charge in [-0.1, -0.05) is 0 Å². The van der Waals surface area contributed by atoms with Crippen LogP contribution in [0.2, 0.25) is 0 Å². The van der Waals surface area contributed by atoms with Gasteiger partial charge in [0.15, 0.2) is 5.96 Å². The maximum atomic E-state index is 10.9. The van der Waals surface area contributed by atoms with Crippen LogP contribution in [0.3, 0.4) is 0 Å². The molecule has 0 unspecified atom stereocenters. The molecule has 1 fully saturated rings. The second-order valence-electron chi connectivity index (χ2n) is 3.67. The molecular formula is C9H15N3O2. The predicted molar refractivity (Wildman–Crippen MR) is 52.0 cm³/mol. The van der Waals surface area contributed by atoms with E-state index in [1.54, 1.807) is 7.11 Å². The first-order valence-electron chi connectivity index (χ1n) is 4.93. The fourth-order valence-corrected chi connectivity index (χ4v) is 1.99. The van der Waals surface area contributed by atoms with E-state index in [0.29, 0.717) is 5.96 Å². The van der Waals surface area contributed by atoms with Crippen molar-refractivity contribution in [2.24, 2.45) is 4.99 Å². The highest BCUT2D eigenvalue weighted by molar-refractivity contribution is 6.02. The van der Waals surface area contributed by atoms with Gasteiger partial charge in [0, 0.05) is 7.11 Å². The van der Waals surface area contributed by atoms with Crippen molar-refractivity contribution in [3.63, 3.8) is 0 Å². The molecule has 1 heterocycles. The van der Waals surface area contributed by atoms with Gasteiger partial charge >= 0.3 is 0 Å². The molecule has 1 saturated carbocycles. The summed E-state index contributed by atoms with van der Waals surface area (Å²) < 4.78 is 5.33. The summed E-state index contributed by atoms with van der Waals surface area (Å²) >= 11 is 0. The molecular weight excluding hydrogens is 182 g/mol. The molecule has 1 aliphatic carbocycles. The number of guanidine groups is 1. The first kappa shape index (κ1) is 9.45. The van der Waals surface area contributed by atoms with Gasteiger partial charge in [-0.25, -0.2) is 4.99 Å². The van der Waals surface area contributed by atoms with Gasteiger partial charge in [0.05, 0.1) is 12.1 Å². The monoisotopic (exact) mass is 197 g/mol. The predicted octanol–water partition coefficient (Wildman–Crippen LogP) is -0.371. The van der Waals surface area contributed by atoms with Crippen LogP contribution in [0.5, 0.6) is 0 Å². The molecule has 0 bridgehead atoms. The number of nitrogens with zero attached hydrogens (tertiary/aromatic N) is 1. The molecule has 1 amide bonds. The normalized spacial score (nSPS) is 31.5. The SMILES string of the molecule is CO[C@@H]1CCC[C@H]1NC1=NCC(=O)N1. The molecule has 5 heteroatoms. The zero-order valence-corrected chi connectivity index (χ0v) is 8.25. The van der Waals surface area contributed by atoms with Crippen molar-refractivity contribution in [1.29, 1.82) is 0 Å². The summed E-state index contributed by atoms with van der Waals surface area (Å²) in [5, 5.41) is 5.87. The summed E-state index contributed by atoms with van der Waals surface area (Å²) in [6.45, 7) is 0.243. The molecule has 2 aliphatic rings. The Bertz CT molecular complexity index is 265. The largest absolute Gasteiger partial charge is 0.379 e. The van der Waals surface area contributed by atoms with Crippen molar-refractivity contribution in [1.82, 2.24) is 10.6 Å². The van der Waals surface area contributed by atoms with Gasteiger partial charge in [0.25, 0.3) is 0 Å². The van der Waals surface area contributed by atoms with E-state index in [4.69, 9.17) is 4.74 Å². The Labute approximate surface area is 82.9 Å². The Hall–Kier alpha value is -1.10. The smallest absolute Gasteiger partial charge is 0.248 e. The molecule has 14 heavy (non-hydrogen) atoms. The molecule has 2 N–H and O–H groups in total. The average molecular weight is 197 g/mol. The third-order valence-corrected chi connectivity index (χ3v) is 2.72. The Morgan fingerprint density at radius 3 is 3.07 bits per heavy atom. The molecule has 2 rings (SSSR count). The molecule has 2 atom stereocenters. The Kier molecular flexibility index (Phi) is 2.67. The van der Waals surface area contributed by atoms with E-state index in [9.17, 15) is 4.79 Å². The van der Waals surface area contributed by atoms with Gasteiger partial charge in [-0.15, -0.1) is 0 Å². The zero-order chi connectivity index (χ0) is 9.97. The van der Waals surface area contributed by atoms with Crippen LogP contribution in [0, 0.1) is 0 Å². The number of carbonyl (C=O) groups excluding carboxylic acids is 1. The number of amides is 1. The molecule has 0 aromatic rings. The van der Waals surface area contributed by atoms with Crippen LogP contribution in [-0.2, 0) is 9.53 Å². The zero-order valence-electron chi connectivity index (χ0n) is 8.25. The standard InChI is InChI=1S/C9H15N3O2/c1-14-7-4-2-3-6(7)11-9-10-5-8(13)12-9/h6-7H,2-5H2,1H3,(H2,10,11,12,13)/t6-,7-/m1/s1. The number of hydrogen-bond acceptors (Lipinski definition) is 4. The van der Waals surface area contributed by atoms with Crippen LogP contribution in [0.15, 0.2) is 4.99 Å². The maximum Gasteiger partial charge on any atom is 0.248 e. The number of carbonyl (C=O) groups is 1. The van der Waals surface area contributed by atoms with Crippen LogP contribution < -0.4 is 10.6 Å². The molecule has 5 nitrogen and oxygen atoms in total. The summed E-state index contributed by atoms with van der Waals surface area (Å²) in [6, 6.07) is 0.289. The van der Waals surface area contributed by atoms with Crippen LogP contribution in [0.4, 0.5) is 0 Å². The van der Waals surface area contributed by atoms with Gasteiger partial charge < -0.3 is 10.1 Å². The first-order chi connectivity index (χ1) is 6.79.